The van der Waals surface area contributed by atoms with E-state index in [1.54, 1.807) is 0 Å². The van der Waals surface area contributed by atoms with Gasteiger partial charge in [-0.1, -0.05) is 59.6 Å². The molecule has 8 aliphatic rings. The van der Waals surface area contributed by atoms with Crippen molar-refractivity contribution in [1.29, 1.82) is 0 Å². The molecule has 6 heterocycles. The van der Waals surface area contributed by atoms with Crippen molar-refractivity contribution in [3.63, 3.8) is 0 Å². The van der Waals surface area contributed by atoms with E-state index >= 15 is 0 Å². The normalized spacial score (nSPS) is 29.1. The van der Waals surface area contributed by atoms with Crippen molar-refractivity contribution in [3.05, 3.63) is 28.8 Å². The molecule has 9 rings (SSSR count). The summed E-state index contributed by atoms with van der Waals surface area (Å²) in [4.78, 5) is 61.1. The Balaban J connectivity index is 0.000000262. The van der Waals surface area contributed by atoms with Gasteiger partial charge < -0.3 is 53.6 Å². The maximum absolute atomic E-state index is 14.6. The van der Waals surface area contributed by atoms with Crippen LogP contribution in [0.1, 0.15) is 297 Å². The first-order chi connectivity index (χ1) is 45.5. The lowest BCUT2D eigenvalue weighted by Gasteiger charge is -2.56. The monoisotopic (exact) mass is 1390 g/mol. The summed E-state index contributed by atoms with van der Waals surface area (Å²) in [7, 11) is 4.25. The Morgan fingerprint density at radius 1 is 0.545 bits per heavy atom. The number of aromatic hydroxyl groups is 1. The fourth-order valence-corrected chi connectivity index (χ4v) is 20.3. The van der Waals surface area contributed by atoms with E-state index in [1.165, 1.54) is 0 Å². The molecule has 8 fully saturated rings. The molecule has 99 heavy (non-hydrogen) atoms. The van der Waals surface area contributed by atoms with E-state index in [-0.39, 0.29) is 98.1 Å². The van der Waals surface area contributed by atoms with Gasteiger partial charge in [-0.15, -0.1) is 0 Å². The summed E-state index contributed by atoms with van der Waals surface area (Å²) < 4.78 is 50.8. The second-order valence-electron chi connectivity index (χ2n) is 39.0. The molecule has 17 nitrogen and oxygen atoms in total. The highest BCUT2D eigenvalue weighted by Crippen LogP contribution is 2.53. The van der Waals surface area contributed by atoms with Crippen LogP contribution in [0.3, 0.4) is 0 Å². The van der Waals surface area contributed by atoms with Crippen molar-refractivity contribution in [2.75, 3.05) is 47.1 Å². The standard InChI is InChI=1S/C46H80N2O8.C36H60N2O5/c1-13-43(28-52-45(53-29-43)23-38(3,4)47-39(5,6)24-45)27-51-37(50)56-35-21-19-34(20-22-35)42(11,12)33-17-15-32(16-18-33)36(49)44(14-2)30-54-46(55-31-44)25-40(7,8)48-41(9,10)26-46;1-14-15-16-36(19-26-17-24(2)29(39)25(3)18-26,30(40)42-27-20-32(4,5)37(12)33(6,7)21-27)31(41)43-28-22-34(8,9)38(13)35(10,11)23-28/h32-35,47-48H,13-31H2,1-12H3;17-18,27-28,39H,14-16,19-23H2,1-13H3. The summed E-state index contributed by atoms with van der Waals surface area (Å²) in [5, 5.41) is 17.9. The molecular formula is C82H140N4O13. The van der Waals surface area contributed by atoms with Crippen LogP contribution in [0, 0.1) is 53.3 Å². The number of piperidine rings is 4. The number of unbranched alkanes of at least 4 members (excludes halogenated alkanes) is 1. The van der Waals surface area contributed by atoms with Gasteiger partial charge in [-0.25, -0.2) is 4.79 Å². The molecule has 6 aliphatic heterocycles. The average molecular weight is 1390 g/mol. The molecule has 1 aromatic carbocycles. The second-order valence-corrected chi connectivity index (χ2v) is 39.0. The molecule has 0 atom stereocenters. The van der Waals surface area contributed by atoms with Gasteiger partial charge in [0.1, 0.15) is 36.5 Å². The van der Waals surface area contributed by atoms with Gasteiger partial charge in [0, 0.05) is 102 Å². The number of likely N-dealkylation sites (tertiary alicyclic amines) is 2. The first-order valence-corrected chi connectivity index (χ1v) is 38.7. The number of ether oxygens (including phenoxy) is 8. The fourth-order valence-electron chi connectivity index (χ4n) is 20.3. The number of aryl methyl sites for hydroxylation is 2. The minimum atomic E-state index is -1.48. The second kappa shape index (κ2) is 29.5. The molecule has 17 heteroatoms. The fraction of sp³-hybridized carbons (Fsp3) is 0.878. The van der Waals surface area contributed by atoms with Crippen LogP contribution in [0.15, 0.2) is 12.1 Å². The Morgan fingerprint density at radius 3 is 1.30 bits per heavy atom. The van der Waals surface area contributed by atoms with Crippen LogP contribution in [0.4, 0.5) is 4.79 Å². The molecule has 0 aromatic heterocycles. The van der Waals surface area contributed by atoms with E-state index in [2.05, 4.69) is 180 Å². The lowest BCUT2D eigenvalue weighted by atomic mass is 9.59. The molecular weight excluding hydrogens is 1250 g/mol. The van der Waals surface area contributed by atoms with Crippen molar-refractivity contribution in [2.45, 2.75) is 375 Å². The highest BCUT2D eigenvalue weighted by molar-refractivity contribution is 6.00. The van der Waals surface area contributed by atoms with E-state index in [0.717, 1.165) is 113 Å². The number of ketones is 1. The summed E-state index contributed by atoms with van der Waals surface area (Å²) >= 11 is 0. The largest absolute Gasteiger partial charge is 0.508 e. The Kier molecular flexibility index (Phi) is 24.2. The van der Waals surface area contributed by atoms with Gasteiger partial charge >= 0.3 is 18.1 Å². The zero-order chi connectivity index (χ0) is 73.8. The highest BCUT2D eigenvalue weighted by atomic mass is 16.7. The van der Waals surface area contributed by atoms with Crippen LogP contribution < -0.4 is 10.6 Å². The summed E-state index contributed by atoms with van der Waals surface area (Å²) in [6, 6.07) is 3.76. The molecule has 2 saturated carbocycles. The number of esters is 2. The highest BCUT2D eigenvalue weighted by Gasteiger charge is 2.59. The van der Waals surface area contributed by atoms with Gasteiger partial charge in [0.05, 0.1) is 37.3 Å². The van der Waals surface area contributed by atoms with Gasteiger partial charge in [-0.05, 0) is 250 Å². The van der Waals surface area contributed by atoms with E-state index in [1.807, 2.05) is 26.0 Å². The summed E-state index contributed by atoms with van der Waals surface area (Å²) in [5.41, 5.74) is -1.09. The van der Waals surface area contributed by atoms with Gasteiger partial charge in [0.15, 0.2) is 17.0 Å². The maximum atomic E-state index is 14.6. The molecule has 1 aromatic rings. The maximum Gasteiger partial charge on any atom is 0.508 e. The lowest BCUT2D eigenvalue weighted by Crippen LogP contribution is -2.67. The molecule has 566 valence electrons. The summed E-state index contributed by atoms with van der Waals surface area (Å²) in [6.45, 7) is 52.1. The van der Waals surface area contributed by atoms with E-state index in [9.17, 15) is 24.3 Å². The molecule has 0 unspecified atom stereocenters. The minimum absolute atomic E-state index is 0.0721. The number of carbonyl (C=O) groups is 4. The first-order valence-electron chi connectivity index (χ1n) is 38.7. The predicted molar refractivity (Wildman–Crippen MR) is 392 cm³/mol. The quantitative estimate of drug-likeness (QED) is 0.0713. The molecule has 2 aliphatic carbocycles. The smallest absolute Gasteiger partial charge is 0.507 e. The lowest BCUT2D eigenvalue weighted by molar-refractivity contribution is -0.332. The number of phenols is 1. The van der Waals surface area contributed by atoms with Crippen LogP contribution >= 0.6 is 0 Å². The minimum Gasteiger partial charge on any atom is -0.507 e. The third-order valence-corrected chi connectivity index (χ3v) is 26.2. The van der Waals surface area contributed by atoms with E-state index in [4.69, 9.17) is 37.9 Å². The first kappa shape index (κ1) is 81.3. The van der Waals surface area contributed by atoms with Crippen LogP contribution in [0.25, 0.3) is 0 Å². The Hall–Kier alpha value is -3.42. The topological polar surface area (TPSA) is 193 Å². The number of phenolic OH excluding ortho intramolecular Hbond substituents is 1. The van der Waals surface area contributed by atoms with Crippen molar-refractivity contribution < 1.29 is 62.2 Å². The molecule has 0 amide bonds. The van der Waals surface area contributed by atoms with Crippen LogP contribution in [0.2, 0.25) is 0 Å². The number of nitrogens with zero attached hydrogens (tertiary/aromatic N) is 2. The number of hydrogen-bond donors (Lipinski definition) is 3. The van der Waals surface area contributed by atoms with Gasteiger partial charge in [0.25, 0.3) is 0 Å². The molecule has 2 spiro atoms. The third-order valence-electron chi connectivity index (χ3n) is 26.2. The van der Waals surface area contributed by atoms with Gasteiger partial charge in [-0.2, -0.15) is 0 Å². The number of carbonyl (C=O) groups excluding carboxylic acids is 4. The SMILES string of the molecule is CCC1(COC(=O)OC2CCC(C(C)(C)C3CCC(C(=O)C4(CC)COC5(CC(C)(C)NC(C)(C)C5)OC4)CC3)CC2)COC2(CC(C)(C)NC(C)(C)C2)OC1.CCCCC(Cc1cc(C)c(O)c(C)c1)(C(=O)OC1CC(C)(C)N(C)C(C)(C)C1)C(=O)OC1CC(C)(C)N(C)C(C)(C)C1. The number of rotatable bonds is 18. The number of Topliss-reactive ketones (excluding diaryl/α,β-unsaturated/α-hetero) is 1. The molecule has 0 bridgehead atoms. The zero-order valence-electron chi connectivity index (χ0n) is 67.0. The van der Waals surface area contributed by atoms with Crippen molar-refractivity contribution in [2.24, 2.45) is 39.4 Å². The Morgan fingerprint density at radius 2 is 0.929 bits per heavy atom. The molecule has 0 radical (unpaired) electrons. The van der Waals surface area contributed by atoms with Crippen molar-refractivity contribution in [1.82, 2.24) is 20.4 Å². The van der Waals surface area contributed by atoms with E-state index in [0.29, 0.717) is 82.6 Å². The Labute approximate surface area is 599 Å². The Bertz CT molecular complexity index is 2810. The van der Waals surface area contributed by atoms with Crippen molar-refractivity contribution >= 4 is 23.9 Å². The van der Waals surface area contributed by atoms with Crippen molar-refractivity contribution in [3.8, 4) is 5.75 Å². The van der Waals surface area contributed by atoms with Gasteiger partial charge in [0.2, 0.25) is 0 Å². The van der Waals surface area contributed by atoms with E-state index < -0.39 is 40.5 Å². The average Bonchev–Trinajstić information content (AvgIpc) is 0.772. The molecule has 6 saturated heterocycles. The number of nitrogens with one attached hydrogen (secondary N) is 2. The summed E-state index contributed by atoms with van der Waals surface area (Å²) in [6.07, 6.45) is 15.9. The number of benzene rings is 1. The molecule has 3 N–H and O–H groups in total. The summed E-state index contributed by atoms with van der Waals surface area (Å²) in [5.74, 6) is -0.422. The van der Waals surface area contributed by atoms with Crippen LogP contribution in [0.5, 0.6) is 5.75 Å². The van der Waals surface area contributed by atoms with Crippen LogP contribution in [-0.2, 0) is 58.7 Å². The number of hydrogen-bond acceptors (Lipinski definition) is 17. The third kappa shape index (κ3) is 18.6. The zero-order valence-corrected chi connectivity index (χ0v) is 67.0. The van der Waals surface area contributed by atoms with Gasteiger partial charge in [-0.3, -0.25) is 24.2 Å². The van der Waals surface area contributed by atoms with Crippen LogP contribution in [-0.4, -0.2) is 160 Å². The predicted octanol–water partition coefficient (Wildman–Crippen LogP) is 16.4.